The minimum atomic E-state index is -0.646. The minimum Gasteiger partial charge on any atom is -0.490 e. The monoisotopic (exact) mass is 354 g/mol. The predicted octanol–water partition coefficient (Wildman–Crippen LogP) is 3.06. The molecule has 26 heavy (non-hydrogen) atoms. The van der Waals surface area contributed by atoms with Crippen LogP contribution in [0.2, 0.25) is 0 Å². The van der Waals surface area contributed by atoms with E-state index < -0.39 is 6.10 Å². The normalized spacial score (nSPS) is 12.4. The van der Waals surface area contributed by atoms with Crippen LogP contribution in [0.4, 0.5) is 5.95 Å². The number of imidazole rings is 1. The number of rotatable bonds is 8. The largest absolute Gasteiger partial charge is 0.490 e. The maximum Gasteiger partial charge on any atom is 0.356 e. The Morgan fingerprint density at radius 3 is 2.65 bits per heavy atom. The summed E-state index contributed by atoms with van der Waals surface area (Å²) < 4.78 is 9.90. The Morgan fingerprint density at radius 1 is 1.15 bits per heavy atom. The first-order chi connectivity index (χ1) is 12.6. The number of aliphatic hydroxyl groups is 1. The smallest absolute Gasteiger partial charge is 0.356 e. The molecule has 2 aromatic carbocycles. The third-order valence-corrected chi connectivity index (χ3v) is 4.67. The number of hydrogen-bond acceptors (Lipinski definition) is 3. The first-order valence-corrected chi connectivity index (χ1v) is 9.24. The number of benzene rings is 2. The van der Waals surface area contributed by atoms with Crippen LogP contribution in [0.15, 0.2) is 48.5 Å². The number of para-hydroxylation sites is 3. The molecule has 0 amide bonds. The molecule has 5 nitrogen and oxygen atoms in total. The fourth-order valence-electron chi connectivity index (χ4n) is 3.22. The number of anilines is 1. The number of nitrogens with two attached hydrogens (primary N) is 1. The zero-order valence-corrected chi connectivity index (χ0v) is 15.6. The highest BCUT2D eigenvalue weighted by Gasteiger charge is 2.22. The number of unbranched alkanes of at least 4 members (excludes halogenated alkanes) is 1. The summed E-state index contributed by atoms with van der Waals surface area (Å²) in [5.74, 6) is 1.48. The fraction of sp³-hybridized carbons (Fsp3) is 0.381. The average Bonchev–Trinajstić information content (AvgIpc) is 2.91. The van der Waals surface area contributed by atoms with Crippen LogP contribution in [0.5, 0.6) is 5.75 Å². The van der Waals surface area contributed by atoms with Gasteiger partial charge in [0, 0.05) is 0 Å². The molecule has 0 saturated carbocycles. The standard InChI is InChI=1S/C21H27N3O2/c1-3-4-13-23-18-10-6-7-11-19(18)24(21(23)22)14-17(25)15-26-20-12-8-5-9-16(20)2/h5-12,17,22,25H,3-4,13-15H2,1-2H3/p+1. The molecule has 0 fully saturated rings. The number of nitrogens with zero attached hydrogens (tertiary/aromatic N) is 2. The summed E-state index contributed by atoms with van der Waals surface area (Å²) in [6, 6.07) is 16.0. The van der Waals surface area contributed by atoms with E-state index in [1.54, 1.807) is 0 Å². The molecule has 3 rings (SSSR count). The SMILES string of the molecule is CCCCn1c(N)[n+](CC(O)COc2ccccc2C)c2ccccc21. The van der Waals surface area contributed by atoms with E-state index in [4.69, 9.17) is 10.5 Å². The maximum atomic E-state index is 10.5. The number of aliphatic hydroxyl groups excluding tert-OH is 1. The summed E-state index contributed by atoms with van der Waals surface area (Å²) in [6.07, 6.45) is 1.54. The van der Waals surface area contributed by atoms with Gasteiger partial charge in [-0.15, -0.1) is 0 Å². The third kappa shape index (κ3) is 3.83. The summed E-state index contributed by atoms with van der Waals surface area (Å²) in [6.45, 7) is 5.67. The first-order valence-electron chi connectivity index (χ1n) is 9.24. The van der Waals surface area contributed by atoms with Crippen molar-refractivity contribution in [2.75, 3.05) is 12.3 Å². The Labute approximate surface area is 154 Å². The van der Waals surface area contributed by atoms with Crippen LogP contribution in [0, 0.1) is 6.92 Å². The topological polar surface area (TPSA) is 64.3 Å². The lowest BCUT2D eigenvalue weighted by atomic mass is 10.2. The van der Waals surface area contributed by atoms with Crippen molar-refractivity contribution in [3.63, 3.8) is 0 Å². The van der Waals surface area contributed by atoms with Crippen molar-refractivity contribution in [2.45, 2.75) is 45.9 Å². The number of fused-ring (bicyclic) bond motifs is 1. The molecule has 3 aromatic rings. The number of nitrogen functional groups attached to an aromatic ring is 1. The highest BCUT2D eigenvalue weighted by atomic mass is 16.5. The van der Waals surface area contributed by atoms with Gasteiger partial charge in [0.1, 0.15) is 36.0 Å². The summed E-state index contributed by atoms with van der Waals surface area (Å²) in [5.41, 5.74) is 9.61. The van der Waals surface area contributed by atoms with Crippen molar-refractivity contribution in [2.24, 2.45) is 0 Å². The van der Waals surface area contributed by atoms with Gasteiger partial charge in [-0.25, -0.2) is 9.13 Å². The molecular formula is C21H28N3O2+. The first kappa shape index (κ1) is 18.3. The van der Waals surface area contributed by atoms with Crippen molar-refractivity contribution in [3.05, 3.63) is 54.1 Å². The Kier molecular flexibility index (Phi) is 5.78. The lowest BCUT2D eigenvalue weighted by molar-refractivity contribution is -0.665. The van der Waals surface area contributed by atoms with Gasteiger partial charge in [0.05, 0.1) is 6.54 Å². The molecular weight excluding hydrogens is 326 g/mol. The highest BCUT2D eigenvalue weighted by molar-refractivity contribution is 5.73. The molecule has 0 bridgehead atoms. The van der Waals surface area contributed by atoms with Crippen LogP contribution < -0.4 is 15.0 Å². The predicted molar refractivity (Wildman–Crippen MR) is 104 cm³/mol. The van der Waals surface area contributed by atoms with Crippen molar-refractivity contribution in [1.29, 1.82) is 0 Å². The van der Waals surface area contributed by atoms with E-state index >= 15 is 0 Å². The minimum absolute atomic E-state index is 0.228. The van der Waals surface area contributed by atoms with Crippen molar-refractivity contribution >= 4 is 17.0 Å². The van der Waals surface area contributed by atoms with Crippen LogP contribution in [0.25, 0.3) is 11.0 Å². The lowest BCUT2D eigenvalue weighted by Gasteiger charge is -2.13. The van der Waals surface area contributed by atoms with Gasteiger partial charge in [0.25, 0.3) is 0 Å². The summed E-state index contributed by atoms with van der Waals surface area (Å²) in [4.78, 5) is 0. The van der Waals surface area contributed by atoms with E-state index in [0.29, 0.717) is 12.5 Å². The van der Waals surface area contributed by atoms with E-state index in [2.05, 4.69) is 17.6 Å². The molecule has 0 spiro atoms. The Morgan fingerprint density at radius 2 is 1.88 bits per heavy atom. The van der Waals surface area contributed by atoms with Crippen LogP contribution in [-0.2, 0) is 13.1 Å². The molecule has 0 aliphatic heterocycles. The average molecular weight is 354 g/mol. The van der Waals surface area contributed by atoms with Gasteiger partial charge in [-0.2, -0.15) is 0 Å². The molecule has 0 radical (unpaired) electrons. The van der Waals surface area contributed by atoms with Gasteiger partial charge in [0.2, 0.25) is 0 Å². The highest BCUT2D eigenvalue weighted by Crippen LogP contribution is 2.18. The second kappa shape index (κ2) is 8.23. The van der Waals surface area contributed by atoms with E-state index in [1.165, 1.54) is 0 Å². The molecule has 1 heterocycles. The van der Waals surface area contributed by atoms with Gasteiger partial charge < -0.3 is 9.84 Å². The Bertz CT molecular complexity index is 873. The van der Waals surface area contributed by atoms with Gasteiger partial charge in [-0.05, 0) is 37.1 Å². The molecule has 1 atom stereocenters. The molecule has 3 N–H and O–H groups in total. The van der Waals surface area contributed by atoms with Crippen molar-refractivity contribution in [3.8, 4) is 5.75 Å². The van der Waals surface area contributed by atoms with Crippen LogP contribution in [0.3, 0.4) is 0 Å². The molecule has 138 valence electrons. The fourth-order valence-corrected chi connectivity index (χ4v) is 3.22. The molecule has 1 aromatic heterocycles. The number of hydrogen-bond donors (Lipinski definition) is 2. The van der Waals surface area contributed by atoms with Gasteiger partial charge in [0.15, 0.2) is 0 Å². The number of aromatic nitrogens is 2. The second-order valence-electron chi connectivity index (χ2n) is 6.69. The number of ether oxygens (including phenoxy) is 1. The van der Waals surface area contributed by atoms with Crippen LogP contribution >= 0.6 is 0 Å². The third-order valence-electron chi connectivity index (χ3n) is 4.67. The van der Waals surface area contributed by atoms with E-state index in [9.17, 15) is 5.11 Å². The summed E-state index contributed by atoms with van der Waals surface area (Å²) >= 11 is 0. The molecule has 1 unspecified atom stereocenters. The summed E-state index contributed by atoms with van der Waals surface area (Å²) in [5, 5.41) is 10.5. The molecule has 0 saturated heterocycles. The van der Waals surface area contributed by atoms with Gasteiger partial charge in [-0.3, -0.25) is 5.73 Å². The van der Waals surface area contributed by atoms with Crippen molar-refractivity contribution in [1.82, 2.24) is 4.57 Å². The quantitative estimate of drug-likeness (QED) is 0.611. The zero-order valence-electron chi connectivity index (χ0n) is 15.6. The zero-order chi connectivity index (χ0) is 18.5. The van der Waals surface area contributed by atoms with E-state index in [-0.39, 0.29) is 6.61 Å². The maximum absolute atomic E-state index is 10.5. The number of aryl methyl sites for hydroxylation is 2. The Balaban J connectivity index is 1.77. The molecule has 5 heteroatoms. The van der Waals surface area contributed by atoms with Crippen molar-refractivity contribution < 1.29 is 14.4 Å². The molecule has 0 aliphatic carbocycles. The van der Waals surface area contributed by atoms with Crippen LogP contribution in [0.1, 0.15) is 25.3 Å². The Hall–Kier alpha value is -2.53. The lowest BCUT2D eigenvalue weighted by Crippen LogP contribution is -2.43. The summed E-state index contributed by atoms with van der Waals surface area (Å²) in [7, 11) is 0. The molecule has 0 aliphatic rings. The van der Waals surface area contributed by atoms with Crippen LogP contribution in [-0.4, -0.2) is 22.4 Å². The second-order valence-corrected chi connectivity index (χ2v) is 6.69. The van der Waals surface area contributed by atoms with E-state index in [1.807, 2.05) is 54.0 Å². The van der Waals surface area contributed by atoms with Gasteiger partial charge in [-0.1, -0.05) is 43.7 Å². The van der Waals surface area contributed by atoms with Gasteiger partial charge >= 0.3 is 5.95 Å². The van der Waals surface area contributed by atoms with E-state index in [0.717, 1.165) is 41.7 Å².